The van der Waals surface area contributed by atoms with E-state index in [1.807, 2.05) is 30.3 Å². The van der Waals surface area contributed by atoms with Crippen LogP contribution in [0.4, 0.5) is 0 Å². The van der Waals surface area contributed by atoms with E-state index in [0.29, 0.717) is 5.92 Å². The summed E-state index contributed by atoms with van der Waals surface area (Å²) in [7, 11) is 0. The molecule has 1 saturated carbocycles. The molecular weight excluding hydrogens is 278 g/mol. The van der Waals surface area contributed by atoms with Crippen molar-refractivity contribution >= 4 is 11.9 Å². The van der Waals surface area contributed by atoms with Gasteiger partial charge in [-0.15, -0.1) is 0 Å². The molecule has 3 unspecified atom stereocenters. The van der Waals surface area contributed by atoms with Gasteiger partial charge < -0.3 is 9.64 Å². The molecule has 4 nitrogen and oxygen atoms in total. The van der Waals surface area contributed by atoms with Gasteiger partial charge in [0.25, 0.3) is 0 Å². The topological polar surface area (TPSA) is 46.6 Å². The first-order valence-electron chi connectivity index (χ1n) is 8.16. The van der Waals surface area contributed by atoms with Gasteiger partial charge in [-0.1, -0.05) is 43.2 Å². The Balaban J connectivity index is 1.66. The van der Waals surface area contributed by atoms with Gasteiger partial charge in [-0.3, -0.25) is 4.79 Å². The van der Waals surface area contributed by atoms with E-state index in [1.165, 1.54) is 6.42 Å². The molecule has 1 aliphatic heterocycles. The quantitative estimate of drug-likeness (QED) is 0.806. The van der Waals surface area contributed by atoms with E-state index >= 15 is 0 Å². The van der Waals surface area contributed by atoms with Crippen LogP contribution >= 0.6 is 0 Å². The summed E-state index contributed by atoms with van der Waals surface area (Å²) in [5, 5.41) is 0. The molecule has 1 heterocycles. The highest BCUT2D eigenvalue weighted by Crippen LogP contribution is 2.40. The van der Waals surface area contributed by atoms with Crippen LogP contribution in [-0.2, 0) is 20.9 Å². The number of hydrogen-bond acceptors (Lipinski definition) is 3. The summed E-state index contributed by atoms with van der Waals surface area (Å²) in [6.07, 6.45) is 5.26. The number of carbonyl (C=O) groups is 2. The average molecular weight is 301 g/mol. The lowest BCUT2D eigenvalue weighted by Crippen LogP contribution is -2.45. The van der Waals surface area contributed by atoms with Crippen LogP contribution in [-0.4, -0.2) is 28.9 Å². The zero-order chi connectivity index (χ0) is 15.5. The minimum absolute atomic E-state index is 0.00365. The van der Waals surface area contributed by atoms with Crippen molar-refractivity contribution in [2.24, 2.45) is 5.92 Å². The minimum atomic E-state index is -0.394. The van der Waals surface area contributed by atoms with Gasteiger partial charge in [-0.25, -0.2) is 4.79 Å². The fraction of sp³-hybridized carbons (Fsp3) is 0.556. The molecule has 22 heavy (non-hydrogen) atoms. The highest BCUT2D eigenvalue weighted by molar-refractivity contribution is 5.84. The SMILES string of the molecule is CC(=O)N1C(C(=O)OCc2ccccc2)CC2CCCCC21. The number of likely N-dealkylation sites (tertiary alicyclic amines) is 1. The summed E-state index contributed by atoms with van der Waals surface area (Å²) < 4.78 is 5.47. The molecule has 1 aromatic rings. The molecule has 3 rings (SSSR count). The van der Waals surface area contributed by atoms with E-state index < -0.39 is 6.04 Å². The summed E-state index contributed by atoms with van der Waals surface area (Å²) in [6, 6.07) is 9.50. The van der Waals surface area contributed by atoms with Crippen molar-refractivity contribution in [3.05, 3.63) is 35.9 Å². The first-order chi connectivity index (χ1) is 10.7. The van der Waals surface area contributed by atoms with Crippen LogP contribution in [0.1, 0.15) is 44.6 Å². The zero-order valence-corrected chi connectivity index (χ0v) is 13.0. The number of hydrogen-bond donors (Lipinski definition) is 0. The lowest BCUT2D eigenvalue weighted by Gasteiger charge is -2.32. The lowest BCUT2D eigenvalue weighted by molar-refractivity contribution is -0.155. The van der Waals surface area contributed by atoms with E-state index in [4.69, 9.17) is 4.74 Å². The fourth-order valence-corrected chi connectivity index (χ4v) is 3.95. The van der Waals surface area contributed by atoms with Crippen LogP contribution in [0.25, 0.3) is 0 Å². The van der Waals surface area contributed by atoms with Crippen LogP contribution in [0.2, 0.25) is 0 Å². The Morgan fingerprint density at radius 3 is 2.64 bits per heavy atom. The minimum Gasteiger partial charge on any atom is -0.459 e. The van der Waals surface area contributed by atoms with Gasteiger partial charge in [0, 0.05) is 13.0 Å². The molecule has 1 saturated heterocycles. The number of amides is 1. The van der Waals surface area contributed by atoms with Gasteiger partial charge in [-0.2, -0.15) is 0 Å². The summed E-state index contributed by atoms with van der Waals surface area (Å²) in [5.41, 5.74) is 0.973. The predicted octanol–water partition coefficient (Wildman–Crippen LogP) is 2.91. The smallest absolute Gasteiger partial charge is 0.329 e. The van der Waals surface area contributed by atoms with Gasteiger partial charge in [-0.05, 0) is 30.7 Å². The molecule has 0 bridgehead atoms. The number of benzene rings is 1. The predicted molar refractivity (Wildman–Crippen MR) is 82.9 cm³/mol. The lowest BCUT2D eigenvalue weighted by atomic mass is 9.85. The van der Waals surface area contributed by atoms with Crippen molar-refractivity contribution in [2.75, 3.05) is 0 Å². The second-order valence-corrected chi connectivity index (χ2v) is 6.38. The Hall–Kier alpha value is -1.84. The van der Waals surface area contributed by atoms with Gasteiger partial charge >= 0.3 is 5.97 Å². The first-order valence-corrected chi connectivity index (χ1v) is 8.16. The molecule has 0 radical (unpaired) electrons. The highest BCUT2D eigenvalue weighted by atomic mass is 16.5. The molecule has 0 aromatic heterocycles. The molecule has 1 aromatic carbocycles. The van der Waals surface area contributed by atoms with Crippen LogP contribution in [0.3, 0.4) is 0 Å². The summed E-state index contributed by atoms with van der Waals surface area (Å²) >= 11 is 0. The second-order valence-electron chi connectivity index (χ2n) is 6.38. The maximum absolute atomic E-state index is 12.5. The van der Waals surface area contributed by atoms with E-state index in [0.717, 1.165) is 31.2 Å². The monoisotopic (exact) mass is 301 g/mol. The second kappa shape index (κ2) is 6.51. The maximum atomic E-state index is 12.5. The summed E-state index contributed by atoms with van der Waals surface area (Å²) in [5.74, 6) is 0.205. The Morgan fingerprint density at radius 1 is 1.18 bits per heavy atom. The zero-order valence-electron chi connectivity index (χ0n) is 13.0. The third kappa shape index (κ3) is 3.01. The number of carbonyl (C=O) groups excluding carboxylic acids is 2. The van der Waals surface area contributed by atoms with Crippen molar-refractivity contribution < 1.29 is 14.3 Å². The molecule has 1 aliphatic carbocycles. The molecule has 2 aliphatic rings. The largest absolute Gasteiger partial charge is 0.459 e. The fourth-order valence-electron chi connectivity index (χ4n) is 3.95. The summed E-state index contributed by atoms with van der Waals surface area (Å²) in [6.45, 7) is 1.84. The molecule has 0 N–H and O–H groups in total. The van der Waals surface area contributed by atoms with Gasteiger partial charge in [0.05, 0.1) is 0 Å². The Morgan fingerprint density at radius 2 is 1.91 bits per heavy atom. The third-order valence-electron chi connectivity index (χ3n) is 4.95. The van der Waals surface area contributed by atoms with Gasteiger partial charge in [0.2, 0.25) is 5.91 Å². The Kier molecular flexibility index (Phi) is 4.46. The normalized spacial score (nSPS) is 27.3. The van der Waals surface area contributed by atoms with Crippen LogP contribution < -0.4 is 0 Å². The van der Waals surface area contributed by atoms with Crippen molar-refractivity contribution in [3.63, 3.8) is 0 Å². The highest BCUT2D eigenvalue weighted by Gasteiger charge is 2.46. The number of ether oxygens (including phenoxy) is 1. The average Bonchev–Trinajstić information content (AvgIpc) is 2.93. The van der Waals surface area contributed by atoms with Crippen molar-refractivity contribution in [1.29, 1.82) is 0 Å². The van der Waals surface area contributed by atoms with Crippen LogP contribution in [0.15, 0.2) is 30.3 Å². The molecule has 118 valence electrons. The molecule has 0 spiro atoms. The Labute approximate surface area is 131 Å². The number of esters is 1. The van der Waals surface area contributed by atoms with Crippen LogP contribution in [0.5, 0.6) is 0 Å². The van der Waals surface area contributed by atoms with Crippen molar-refractivity contribution in [2.45, 2.75) is 57.7 Å². The van der Waals surface area contributed by atoms with Gasteiger partial charge in [0.15, 0.2) is 0 Å². The van der Waals surface area contributed by atoms with Crippen LogP contribution in [0, 0.1) is 5.92 Å². The molecule has 1 amide bonds. The third-order valence-corrected chi connectivity index (χ3v) is 4.95. The molecule has 4 heteroatoms. The number of nitrogens with zero attached hydrogens (tertiary/aromatic N) is 1. The van der Waals surface area contributed by atoms with Crippen molar-refractivity contribution in [3.8, 4) is 0 Å². The van der Waals surface area contributed by atoms with Crippen molar-refractivity contribution in [1.82, 2.24) is 4.90 Å². The Bertz CT molecular complexity index is 543. The number of fused-ring (bicyclic) bond motifs is 1. The first kappa shape index (κ1) is 15.1. The molecule has 3 atom stereocenters. The van der Waals surface area contributed by atoms with E-state index in [9.17, 15) is 9.59 Å². The van der Waals surface area contributed by atoms with Gasteiger partial charge in [0.1, 0.15) is 12.6 Å². The maximum Gasteiger partial charge on any atom is 0.329 e. The van der Waals surface area contributed by atoms with E-state index in [2.05, 4.69) is 0 Å². The molecular formula is C18H23NO3. The van der Waals surface area contributed by atoms with E-state index in [-0.39, 0.29) is 24.5 Å². The standard InChI is InChI=1S/C18H23NO3/c1-13(20)19-16-10-6-5-9-15(16)11-17(19)18(21)22-12-14-7-3-2-4-8-14/h2-4,7-8,15-17H,5-6,9-12H2,1H3. The molecule has 2 fully saturated rings. The summed E-state index contributed by atoms with van der Waals surface area (Å²) in [4.78, 5) is 26.3. The van der Waals surface area contributed by atoms with E-state index in [1.54, 1.807) is 11.8 Å². The number of rotatable bonds is 3.